The van der Waals surface area contributed by atoms with Gasteiger partial charge < -0.3 is 10.1 Å². The molecule has 1 aromatic rings. The molecule has 5 nitrogen and oxygen atoms in total. The SMILES string of the molecule is CC(C)C1CC(NC(=O)OCc2ccccc2)CN(CC#N)C1. The molecule has 2 atom stereocenters. The Labute approximate surface area is 138 Å². The zero-order valence-corrected chi connectivity index (χ0v) is 13.9. The van der Waals surface area contributed by atoms with Crippen molar-refractivity contribution >= 4 is 6.09 Å². The van der Waals surface area contributed by atoms with E-state index in [1.165, 1.54) is 0 Å². The van der Waals surface area contributed by atoms with E-state index in [0.717, 1.165) is 18.5 Å². The lowest BCUT2D eigenvalue weighted by atomic mass is 9.85. The molecule has 23 heavy (non-hydrogen) atoms. The number of amides is 1. The average Bonchev–Trinajstić information content (AvgIpc) is 2.54. The van der Waals surface area contributed by atoms with Crippen molar-refractivity contribution in [1.29, 1.82) is 5.26 Å². The molecule has 1 heterocycles. The van der Waals surface area contributed by atoms with E-state index < -0.39 is 0 Å². The highest BCUT2D eigenvalue weighted by Gasteiger charge is 2.30. The summed E-state index contributed by atoms with van der Waals surface area (Å²) in [5, 5.41) is 11.9. The van der Waals surface area contributed by atoms with Crippen molar-refractivity contribution in [3.05, 3.63) is 35.9 Å². The number of carbonyl (C=O) groups excluding carboxylic acids is 1. The third-order valence-corrected chi connectivity index (χ3v) is 4.33. The van der Waals surface area contributed by atoms with Crippen LogP contribution in [-0.2, 0) is 11.3 Å². The molecular weight excluding hydrogens is 290 g/mol. The van der Waals surface area contributed by atoms with Crippen LogP contribution in [-0.4, -0.2) is 36.7 Å². The van der Waals surface area contributed by atoms with Gasteiger partial charge in [-0.2, -0.15) is 5.26 Å². The lowest BCUT2D eigenvalue weighted by molar-refractivity contribution is 0.104. The van der Waals surface area contributed by atoms with Crippen LogP contribution in [0.3, 0.4) is 0 Å². The second-order valence-corrected chi connectivity index (χ2v) is 6.49. The minimum Gasteiger partial charge on any atom is -0.445 e. The molecule has 0 bridgehead atoms. The number of carbonyl (C=O) groups is 1. The molecule has 0 spiro atoms. The van der Waals surface area contributed by atoms with Crippen LogP contribution in [0.1, 0.15) is 25.8 Å². The van der Waals surface area contributed by atoms with Gasteiger partial charge in [-0.1, -0.05) is 44.2 Å². The van der Waals surface area contributed by atoms with E-state index >= 15 is 0 Å². The van der Waals surface area contributed by atoms with Gasteiger partial charge >= 0.3 is 6.09 Å². The molecular formula is C18H25N3O2. The van der Waals surface area contributed by atoms with Crippen molar-refractivity contribution in [3.8, 4) is 6.07 Å². The van der Waals surface area contributed by atoms with E-state index in [0.29, 0.717) is 24.9 Å². The second-order valence-electron chi connectivity index (χ2n) is 6.49. The molecule has 1 aliphatic rings. The number of nitrogens with zero attached hydrogens (tertiary/aromatic N) is 2. The summed E-state index contributed by atoms with van der Waals surface area (Å²) in [4.78, 5) is 14.1. The molecule has 0 aliphatic carbocycles. The zero-order chi connectivity index (χ0) is 16.7. The smallest absolute Gasteiger partial charge is 0.407 e. The number of piperidine rings is 1. The third-order valence-electron chi connectivity index (χ3n) is 4.33. The van der Waals surface area contributed by atoms with Crippen molar-refractivity contribution in [2.24, 2.45) is 11.8 Å². The number of likely N-dealkylation sites (tertiary alicyclic amines) is 1. The Morgan fingerprint density at radius 1 is 1.39 bits per heavy atom. The van der Waals surface area contributed by atoms with E-state index in [9.17, 15) is 4.79 Å². The molecule has 1 saturated heterocycles. The summed E-state index contributed by atoms with van der Waals surface area (Å²) in [6.45, 7) is 6.67. The summed E-state index contributed by atoms with van der Waals surface area (Å²) in [5.74, 6) is 1.01. The first-order valence-electron chi connectivity index (χ1n) is 8.15. The number of rotatable bonds is 5. The Morgan fingerprint density at radius 3 is 2.78 bits per heavy atom. The molecule has 1 amide bonds. The Balaban J connectivity index is 1.84. The summed E-state index contributed by atoms with van der Waals surface area (Å²) in [7, 11) is 0. The van der Waals surface area contributed by atoms with Gasteiger partial charge in [-0.3, -0.25) is 4.90 Å². The predicted octanol–water partition coefficient (Wildman–Crippen LogP) is 2.78. The quantitative estimate of drug-likeness (QED) is 0.849. The Hall–Kier alpha value is -2.06. The number of nitriles is 1. The number of benzene rings is 1. The molecule has 2 rings (SSSR count). The van der Waals surface area contributed by atoms with Crippen LogP contribution in [0.5, 0.6) is 0 Å². The van der Waals surface area contributed by atoms with Gasteiger partial charge in [0.1, 0.15) is 6.61 Å². The third kappa shape index (κ3) is 5.57. The Morgan fingerprint density at radius 2 is 2.13 bits per heavy atom. The highest BCUT2D eigenvalue weighted by Crippen LogP contribution is 2.23. The van der Waals surface area contributed by atoms with Crippen molar-refractivity contribution in [1.82, 2.24) is 10.2 Å². The lowest BCUT2D eigenvalue weighted by Crippen LogP contribution is -2.51. The van der Waals surface area contributed by atoms with Crippen LogP contribution in [0, 0.1) is 23.2 Å². The minimum atomic E-state index is -0.389. The largest absolute Gasteiger partial charge is 0.445 e. The molecule has 1 aliphatic heterocycles. The van der Waals surface area contributed by atoms with E-state index in [1.54, 1.807) is 0 Å². The van der Waals surface area contributed by atoms with Gasteiger partial charge in [0.15, 0.2) is 0 Å². The number of nitrogens with one attached hydrogen (secondary N) is 1. The van der Waals surface area contributed by atoms with Crippen LogP contribution in [0.4, 0.5) is 4.79 Å². The van der Waals surface area contributed by atoms with Crippen LogP contribution in [0.25, 0.3) is 0 Å². The van der Waals surface area contributed by atoms with Gasteiger partial charge in [0.2, 0.25) is 0 Å². The Bertz CT molecular complexity index is 539. The fourth-order valence-corrected chi connectivity index (χ4v) is 2.98. The maximum absolute atomic E-state index is 12.0. The first-order valence-corrected chi connectivity index (χ1v) is 8.15. The van der Waals surface area contributed by atoms with Crippen LogP contribution in [0.2, 0.25) is 0 Å². The summed E-state index contributed by atoms with van der Waals surface area (Å²) >= 11 is 0. The van der Waals surface area contributed by atoms with Crippen molar-refractivity contribution in [2.45, 2.75) is 32.9 Å². The fourth-order valence-electron chi connectivity index (χ4n) is 2.98. The number of ether oxygens (including phenoxy) is 1. The second kappa shape index (κ2) is 8.54. The molecule has 0 saturated carbocycles. The maximum atomic E-state index is 12.0. The maximum Gasteiger partial charge on any atom is 0.407 e. The van der Waals surface area contributed by atoms with E-state index in [1.807, 2.05) is 30.3 Å². The van der Waals surface area contributed by atoms with Crippen LogP contribution < -0.4 is 5.32 Å². The molecule has 2 unspecified atom stereocenters. The first kappa shape index (κ1) is 17.3. The van der Waals surface area contributed by atoms with Gasteiger partial charge in [0.25, 0.3) is 0 Å². The highest BCUT2D eigenvalue weighted by atomic mass is 16.5. The first-order chi connectivity index (χ1) is 11.1. The van der Waals surface area contributed by atoms with Crippen molar-refractivity contribution in [2.75, 3.05) is 19.6 Å². The lowest BCUT2D eigenvalue weighted by Gasteiger charge is -2.38. The molecule has 0 aromatic heterocycles. The molecule has 1 fully saturated rings. The predicted molar refractivity (Wildman–Crippen MR) is 88.5 cm³/mol. The van der Waals surface area contributed by atoms with Crippen LogP contribution in [0.15, 0.2) is 30.3 Å². The van der Waals surface area contributed by atoms with Gasteiger partial charge in [-0.05, 0) is 23.8 Å². The number of hydrogen-bond donors (Lipinski definition) is 1. The average molecular weight is 315 g/mol. The van der Waals surface area contributed by atoms with Gasteiger partial charge in [0.05, 0.1) is 12.6 Å². The van der Waals surface area contributed by atoms with E-state index in [-0.39, 0.29) is 18.7 Å². The standard InChI is InChI=1S/C18H25N3O2/c1-14(2)16-10-17(12-21(11-16)9-8-19)20-18(22)23-13-15-6-4-3-5-7-15/h3-7,14,16-17H,9-13H2,1-2H3,(H,20,22). The number of hydrogen-bond acceptors (Lipinski definition) is 4. The summed E-state index contributed by atoms with van der Waals surface area (Å²) in [5.41, 5.74) is 0.970. The molecule has 0 radical (unpaired) electrons. The van der Waals surface area contributed by atoms with Crippen molar-refractivity contribution in [3.63, 3.8) is 0 Å². The highest BCUT2D eigenvalue weighted by molar-refractivity contribution is 5.67. The van der Waals surface area contributed by atoms with Gasteiger partial charge in [-0.25, -0.2) is 4.79 Å². The summed E-state index contributed by atoms with van der Waals surface area (Å²) in [6.07, 6.45) is 0.542. The van der Waals surface area contributed by atoms with Crippen molar-refractivity contribution < 1.29 is 9.53 Å². The number of alkyl carbamates (subject to hydrolysis) is 1. The monoisotopic (exact) mass is 315 g/mol. The fraction of sp³-hybridized carbons (Fsp3) is 0.556. The topological polar surface area (TPSA) is 65.4 Å². The molecule has 124 valence electrons. The van der Waals surface area contributed by atoms with Crippen LogP contribution >= 0.6 is 0 Å². The normalized spacial score (nSPS) is 21.7. The van der Waals surface area contributed by atoms with Gasteiger partial charge in [0, 0.05) is 19.1 Å². The van der Waals surface area contributed by atoms with E-state index in [2.05, 4.69) is 30.1 Å². The molecule has 5 heteroatoms. The zero-order valence-electron chi connectivity index (χ0n) is 13.9. The summed E-state index contributed by atoms with van der Waals surface area (Å²) < 4.78 is 5.29. The molecule has 1 N–H and O–H groups in total. The summed E-state index contributed by atoms with van der Waals surface area (Å²) in [6, 6.07) is 11.9. The molecule has 1 aromatic carbocycles. The Kier molecular flexibility index (Phi) is 6.42. The minimum absolute atomic E-state index is 0.0350. The van der Waals surface area contributed by atoms with E-state index in [4.69, 9.17) is 10.00 Å². The van der Waals surface area contributed by atoms with Gasteiger partial charge in [-0.15, -0.1) is 0 Å².